The average Bonchev–Trinajstić information content (AvgIpc) is 3.19. The van der Waals surface area contributed by atoms with Crippen molar-refractivity contribution in [2.24, 2.45) is 11.8 Å². The van der Waals surface area contributed by atoms with Gasteiger partial charge in [-0.05, 0) is 31.1 Å². The fraction of sp³-hybridized carbons (Fsp3) is 0.941. The molecule has 57 heavy (non-hydrogen) atoms. The van der Waals surface area contributed by atoms with Crippen LogP contribution in [-0.2, 0) is 28.6 Å². The summed E-state index contributed by atoms with van der Waals surface area (Å²) in [4.78, 5) is 37.8. The molecule has 6 heteroatoms. The average molecular weight is 807 g/mol. The van der Waals surface area contributed by atoms with E-state index in [0.717, 1.165) is 69.6 Å². The number of hydrogen-bond donors (Lipinski definition) is 0. The number of rotatable bonds is 45. The quantitative estimate of drug-likeness (QED) is 0.0346. The highest BCUT2D eigenvalue weighted by atomic mass is 16.6. The molecule has 0 aromatic rings. The first-order valence-electron chi connectivity index (χ1n) is 25.3. The molecular formula is C51H98O6. The molecule has 0 aliphatic carbocycles. The second-order valence-electron chi connectivity index (χ2n) is 18.2. The summed E-state index contributed by atoms with van der Waals surface area (Å²) in [5.41, 5.74) is 0. The Morgan fingerprint density at radius 1 is 0.368 bits per heavy atom. The highest BCUT2D eigenvalue weighted by Crippen LogP contribution is 2.17. The van der Waals surface area contributed by atoms with Crippen LogP contribution < -0.4 is 0 Å². The van der Waals surface area contributed by atoms with E-state index in [1.807, 2.05) is 0 Å². The molecule has 0 heterocycles. The smallest absolute Gasteiger partial charge is 0.306 e. The molecule has 0 aromatic heterocycles. The van der Waals surface area contributed by atoms with Crippen molar-refractivity contribution in [3.05, 3.63) is 0 Å². The van der Waals surface area contributed by atoms with Gasteiger partial charge in [-0.3, -0.25) is 14.4 Å². The fourth-order valence-corrected chi connectivity index (χ4v) is 7.60. The van der Waals surface area contributed by atoms with E-state index in [0.29, 0.717) is 19.3 Å². The van der Waals surface area contributed by atoms with E-state index in [2.05, 4.69) is 34.6 Å². The van der Waals surface area contributed by atoms with E-state index in [9.17, 15) is 14.4 Å². The Morgan fingerprint density at radius 2 is 0.667 bits per heavy atom. The van der Waals surface area contributed by atoms with Gasteiger partial charge >= 0.3 is 17.9 Å². The standard InChI is InChI=1S/C51H98O6/c1-6-8-9-10-11-12-13-14-15-16-17-18-19-20-21-26-33-38-43-51(54)57-48(45-56-50(53)42-37-32-28-27-29-34-39-46(3)4)44-55-49(52)41-36-31-25-23-22-24-30-35-40-47(5)7-2/h46-48H,6-45H2,1-5H3/t47?,48-/m1/s1. The number of carbonyl (C=O) groups excluding carboxylic acids is 3. The summed E-state index contributed by atoms with van der Waals surface area (Å²) >= 11 is 0. The van der Waals surface area contributed by atoms with Gasteiger partial charge < -0.3 is 14.2 Å². The predicted octanol–water partition coefficient (Wildman–Crippen LogP) is 16.1. The van der Waals surface area contributed by atoms with Crippen molar-refractivity contribution in [2.45, 2.75) is 285 Å². The molecule has 0 bridgehead atoms. The van der Waals surface area contributed by atoms with Crippen LogP contribution in [0.1, 0.15) is 279 Å². The normalized spacial score (nSPS) is 12.5. The van der Waals surface area contributed by atoms with Gasteiger partial charge in [0.25, 0.3) is 0 Å². The van der Waals surface area contributed by atoms with Gasteiger partial charge in [0, 0.05) is 19.3 Å². The zero-order valence-corrected chi connectivity index (χ0v) is 39.0. The molecule has 0 saturated heterocycles. The Kier molecular flexibility index (Phi) is 42.7. The van der Waals surface area contributed by atoms with Crippen molar-refractivity contribution in [1.29, 1.82) is 0 Å². The number of esters is 3. The highest BCUT2D eigenvalue weighted by Gasteiger charge is 2.19. The van der Waals surface area contributed by atoms with Crippen LogP contribution >= 0.6 is 0 Å². The van der Waals surface area contributed by atoms with E-state index < -0.39 is 6.10 Å². The molecule has 0 aliphatic heterocycles. The summed E-state index contributed by atoms with van der Waals surface area (Å²) in [7, 11) is 0. The Hall–Kier alpha value is -1.59. The Morgan fingerprint density at radius 3 is 1.00 bits per heavy atom. The number of carbonyl (C=O) groups is 3. The summed E-state index contributed by atoms with van der Waals surface area (Å²) in [6, 6.07) is 0. The van der Waals surface area contributed by atoms with Gasteiger partial charge in [-0.2, -0.15) is 0 Å². The topological polar surface area (TPSA) is 78.9 Å². The van der Waals surface area contributed by atoms with Crippen molar-refractivity contribution >= 4 is 17.9 Å². The number of ether oxygens (including phenoxy) is 3. The third-order valence-electron chi connectivity index (χ3n) is 11.8. The molecule has 0 aromatic carbocycles. The maximum atomic E-state index is 12.8. The van der Waals surface area contributed by atoms with E-state index in [-0.39, 0.29) is 31.1 Å². The molecular weight excluding hydrogens is 709 g/mol. The molecule has 0 aliphatic rings. The van der Waals surface area contributed by atoms with Crippen molar-refractivity contribution < 1.29 is 28.6 Å². The van der Waals surface area contributed by atoms with Crippen LogP contribution in [0, 0.1) is 11.8 Å². The van der Waals surface area contributed by atoms with Crippen LogP contribution in [0.3, 0.4) is 0 Å². The van der Waals surface area contributed by atoms with Crippen LogP contribution in [0.25, 0.3) is 0 Å². The second kappa shape index (κ2) is 44.0. The third kappa shape index (κ3) is 43.8. The number of unbranched alkanes of at least 4 members (excludes halogenated alkanes) is 29. The molecule has 0 spiro atoms. The van der Waals surface area contributed by atoms with Crippen LogP contribution in [0.4, 0.5) is 0 Å². The van der Waals surface area contributed by atoms with Gasteiger partial charge in [-0.1, -0.05) is 240 Å². The zero-order valence-electron chi connectivity index (χ0n) is 39.0. The lowest BCUT2D eigenvalue weighted by Gasteiger charge is -2.18. The van der Waals surface area contributed by atoms with Gasteiger partial charge in [0.1, 0.15) is 13.2 Å². The summed E-state index contributed by atoms with van der Waals surface area (Å²) in [6.45, 7) is 11.3. The summed E-state index contributed by atoms with van der Waals surface area (Å²) < 4.78 is 16.8. The van der Waals surface area contributed by atoms with Crippen LogP contribution in [-0.4, -0.2) is 37.2 Å². The van der Waals surface area contributed by atoms with Crippen molar-refractivity contribution in [1.82, 2.24) is 0 Å². The first kappa shape index (κ1) is 55.4. The summed E-state index contributed by atoms with van der Waals surface area (Å²) in [6.07, 6.45) is 43.9. The lowest BCUT2D eigenvalue weighted by molar-refractivity contribution is -0.167. The molecule has 0 saturated carbocycles. The molecule has 0 fully saturated rings. The van der Waals surface area contributed by atoms with Gasteiger partial charge in [0.2, 0.25) is 0 Å². The number of hydrogen-bond acceptors (Lipinski definition) is 6. The SMILES string of the molecule is CCCCCCCCCCCCCCCCCCCCC(=O)O[C@H](COC(=O)CCCCCCCCCCC(C)CC)COC(=O)CCCCCCCCC(C)C. The van der Waals surface area contributed by atoms with Gasteiger partial charge in [0.05, 0.1) is 0 Å². The van der Waals surface area contributed by atoms with Crippen molar-refractivity contribution in [2.75, 3.05) is 13.2 Å². The van der Waals surface area contributed by atoms with E-state index >= 15 is 0 Å². The summed E-state index contributed by atoms with van der Waals surface area (Å²) in [5, 5.41) is 0. The Bertz CT molecular complexity index is 872. The van der Waals surface area contributed by atoms with Gasteiger partial charge in [-0.25, -0.2) is 0 Å². The molecule has 2 atom stereocenters. The van der Waals surface area contributed by atoms with Crippen LogP contribution in [0.5, 0.6) is 0 Å². The van der Waals surface area contributed by atoms with Crippen LogP contribution in [0.2, 0.25) is 0 Å². The molecule has 0 rings (SSSR count). The largest absolute Gasteiger partial charge is 0.462 e. The van der Waals surface area contributed by atoms with Crippen LogP contribution in [0.15, 0.2) is 0 Å². The minimum atomic E-state index is -0.762. The summed E-state index contributed by atoms with van der Waals surface area (Å²) in [5.74, 6) is 0.754. The van der Waals surface area contributed by atoms with E-state index in [1.54, 1.807) is 0 Å². The molecule has 0 amide bonds. The second-order valence-corrected chi connectivity index (χ2v) is 18.2. The molecule has 0 radical (unpaired) electrons. The van der Waals surface area contributed by atoms with Crippen molar-refractivity contribution in [3.8, 4) is 0 Å². The predicted molar refractivity (Wildman–Crippen MR) is 243 cm³/mol. The lowest BCUT2D eigenvalue weighted by Crippen LogP contribution is -2.30. The molecule has 6 nitrogen and oxygen atoms in total. The van der Waals surface area contributed by atoms with Gasteiger partial charge in [-0.15, -0.1) is 0 Å². The maximum Gasteiger partial charge on any atom is 0.306 e. The highest BCUT2D eigenvalue weighted by molar-refractivity contribution is 5.71. The first-order chi connectivity index (χ1) is 27.8. The lowest BCUT2D eigenvalue weighted by atomic mass is 9.99. The van der Waals surface area contributed by atoms with Crippen molar-refractivity contribution in [3.63, 3.8) is 0 Å². The molecule has 338 valence electrons. The fourth-order valence-electron chi connectivity index (χ4n) is 7.60. The third-order valence-corrected chi connectivity index (χ3v) is 11.8. The maximum absolute atomic E-state index is 12.8. The minimum Gasteiger partial charge on any atom is -0.462 e. The van der Waals surface area contributed by atoms with Gasteiger partial charge in [0.15, 0.2) is 6.10 Å². The monoisotopic (exact) mass is 807 g/mol. The van der Waals surface area contributed by atoms with E-state index in [1.165, 1.54) is 167 Å². The minimum absolute atomic E-state index is 0.0655. The molecule has 1 unspecified atom stereocenters. The first-order valence-corrected chi connectivity index (χ1v) is 25.3. The molecule has 0 N–H and O–H groups in total. The Balaban J connectivity index is 4.26. The Labute approximate surface area is 355 Å². The van der Waals surface area contributed by atoms with E-state index in [4.69, 9.17) is 14.2 Å². The zero-order chi connectivity index (χ0) is 41.9.